The van der Waals surface area contributed by atoms with Crippen molar-refractivity contribution in [1.29, 1.82) is 0 Å². The fourth-order valence-electron chi connectivity index (χ4n) is 5.53. The van der Waals surface area contributed by atoms with Crippen LogP contribution in [0.25, 0.3) is 11.1 Å². The van der Waals surface area contributed by atoms with E-state index in [1.54, 1.807) is 19.1 Å². The number of piperidine rings is 1. The number of pyridine rings is 1. The number of nitrogens with zero attached hydrogens (tertiary/aromatic N) is 4. The molecule has 0 radical (unpaired) electrons. The molecule has 0 saturated carbocycles. The Balaban J connectivity index is 1.36. The SMILES string of the molecule is CCOC(=O)C1CC2(CCN(c3cc(O[C@H](c4ccc(Cl)cc4-c4cccnc4)C(F)(F)F)nc(N)n3)CC2)CN1. The molecular formula is C28H30ClF3N6O3. The van der Waals surface area contributed by atoms with E-state index in [0.29, 0.717) is 44.0 Å². The highest BCUT2D eigenvalue weighted by molar-refractivity contribution is 6.30. The number of nitrogen functional groups attached to an aromatic ring is 1. The van der Waals surface area contributed by atoms with Gasteiger partial charge in [0.2, 0.25) is 17.9 Å². The van der Waals surface area contributed by atoms with Crippen LogP contribution in [0.1, 0.15) is 37.9 Å². The Bertz CT molecular complexity index is 1390. The van der Waals surface area contributed by atoms with E-state index in [-0.39, 0.29) is 45.4 Å². The Hall–Kier alpha value is -3.64. The van der Waals surface area contributed by atoms with Gasteiger partial charge in [-0.2, -0.15) is 23.1 Å². The molecule has 2 saturated heterocycles. The average Bonchev–Trinajstić information content (AvgIpc) is 3.35. The number of esters is 1. The molecule has 2 atom stereocenters. The molecule has 1 aromatic carbocycles. The monoisotopic (exact) mass is 590 g/mol. The minimum atomic E-state index is -4.78. The third-order valence-electron chi connectivity index (χ3n) is 7.59. The Morgan fingerprint density at radius 1 is 1.24 bits per heavy atom. The molecule has 218 valence electrons. The summed E-state index contributed by atoms with van der Waals surface area (Å²) >= 11 is 6.14. The fraction of sp³-hybridized carbons (Fsp3) is 0.429. The lowest BCUT2D eigenvalue weighted by molar-refractivity contribution is -0.198. The van der Waals surface area contributed by atoms with E-state index in [1.807, 2.05) is 4.90 Å². The number of anilines is 2. The molecule has 9 nitrogen and oxygen atoms in total. The van der Waals surface area contributed by atoms with Gasteiger partial charge in [0.25, 0.3) is 0 Å². The molecule has 0 bridgehead atoms. The standard InChI is InChI=1S/C28H30ClF3N6O3/c1-2-40-25(39)21-14-27(16-35-21)7-10-38(11-8-27)22-13-23(37-26(33)36-22)41-24(28(30,31)32)19-6-5-18(29)12-20(19)17-4-3-9-34-15-17/h3-6,9,12-13,15,21,24,35H,2,7-8,10-11,14,16H2,1H3,(H2,33,36,37)/t21?,24-/m1/s1. The number of hydrogen-bond acceptors (Lipinski definition) is 9. The number of nitrogens with one attached hydrogen (secondary N) is 1. The summed E-state index contributed by atoms with van der Waals surface area (Å²) in [4.78, 5) is 26.4. The maximum absolute atomic E-state index is 14.5. The topological polar surface area (TPSA) is 115 Å². The Labute approximate surface area is 240 Å². The molecule has 0 aliphatic carbocycles. The molecule has 2 fully saturated rings. The second kappa shape index (κ2) is 11.7. The van der Waals surface area contributed by atoms with E-state index in [2.05, 4.69) is 20.3 Å². The van der Waals surface area contributed by atoms with Crippen LogP contribution in [0.4, 0.5) is 24.9 Å². The second-order valence-corrected chi connectivity index (χ2v) is 10.7. The van der Waals surface area contributed by atoms with Crippen LogP contribution in [-0.2, 0) is 9.53 Å². The van der Waals surface area contributed by atoms with Crippen molar-refractivity contribution in [2.24, 2.45) is 5.41 Å². The predicted octanol–water partition coefficient (Wildman–Crippen LogP) is 4.97. The van der Waals surface area contributed by atoms with Gasteiger partial charge in [-0.15, -0.1) is 0 Å². The Morgan fingerprint density at radius 2 is 2.02 bits per heavy atom. The van der Waals surface area contributed by atoms with Gasteiger partial charge in [-0.3, -0.25) is 9.78 Å². The first-order chi connectivity index (χ1) is 19.6. The van der Waals surface area contributed by atoms with Gasteiger partial charge < -0.3 is 25.4 Å². The van der Waals surface area contributed by atoms with Crippen molar-refractivity contribution in [2.75, 3.05) is 36.9 Å². The quantitative estimate of drug-likeness (QED) is 0.368. The second-order valence-electron chi connectivity index (χ2n) is 10.3. The smallest absolute Gasteiger partial charge is 0.429 e. The zero-order chi connectivity index (χ0) is 29.2. The lowest BCUT2D eigenvalue weighted by atomic mass is 9.76. The summed E-state index contributed by atoms with van der Waals surface area (Å²) in [6.07, 6.45) is -1.95. The molecule has 5 rings (SSSR count). The van der Waals surface area contributed by atoms with E-state index in [9.17, 15) is 18.0 Å². The molecule has 2 aromatic heterocycles. The van der Waals surface area contributed by atoms with Crippen molar-refractivity contribution in [2.45, 2.75) is 44.5 Å². The number of aromatic nitrogens is 3. The van der Waals surface area contributed by atoms with Crippen molar-refractivity contribution in [3.05, 3.63) is 59.4 Å². The summed E-state index contributed by atoms with van der Waals surface area (Å²) < 4.78 is 54.0. The number of halogens is 4. The Kier molecular flexibility index (Phi) is 8.23. The van der Waals surface area contributed by atoms with Gasteiger partial charge in [-0.1, -0.05) is 23.7 Å². The van der Waals surface area contributed by atoms with Gasteiger partial charge in [0, 0.05) is 54.2 Å². The zero-order valence-corrected chi connectivity index (χ0v) is 23.1. The summed E-state index contributed by atoms with van der Waals surface area (Å²) in [5.41, 5.74) is 6.42. The highest BCUT2D eigenvalue weighted by atomic mass is 35.5. The van der Waals surface area contributed by atoms with Gasteiger partial charge in [0.05, 0.1) is 6.61 Å². The molecule has 4 heterocycles. The van der Waals surface area contributed by atoms with E-state index in [4.69, 9.17) is 26.8 Å². The number of ether oxygens (including phenoxy) is 2. The number of rotatable bonds is 7. The number of hydrogen-bond donors (Lipinski definition) is 2. The summed E-state index contributed by atoms with van der Waals surface area (Å²) in [5, 5.41) is 3.54. The summed E-state index contributed by atoms with van der Waals surface area (Å²) in [6.45, 7) is 3.96. The lowest BCUT2D eigenvalue weighted by Gasteiger charge is -2.39. The molecule has 13 heteroatoms. The van der Waals surface area contributed by atoms with Crippen LogP contribution >= 0.6 is 11.6 Å². The highest BCUT2D eigenvalue weighted by Crippen LogP contribution is 2.43. The highest BCUT2D eigenvalue weighted by Gasteiger charge is 2.46. The van der Waals surface area contributed by atoms with Crippen molar-refractivity contribution in [3.63, 3.8) is 0 Å². The third kappa shape index (κ3) is 6.48. The molecule has 3 N–H and O–H groups in total. The van der Waals surface area contributed by atoms with Crippen LogP contribution in [0.3, 0.4) is 0 Å². The molecule has 41 heavy (non-hydrogen) atoms. The van der Waals surface area contributed by atoms with Gasteiger partial charge in [-0.25, -0.2) is 0 Å². The number of benzene rings is 1. The van der Waals surface area contributed by atoms with Crippen molar-refractivity contribution in [1.82, 2.24) is 20.3 Å². The first-order valence-corrected chi connectivity index (χ1v) is 13.7. The van der Waals surface area contributed by atoms with Gasteiger partial charge in [0.1, 0.15) is 11.9 Å². The minimum absolute atomic E-state index is 0.0650. The van der Waals surface area contributed by atoms with E-state index in [1.165, 1.54) is 36.7 Å². The van der Waals surface area contributed by atoms with Crippen LogP contribution in [0.2, 0.25) is 5.02 Å². The van der Waals surface area contributed by atoms with Gasteiger partial charge in [0.15, 0.2) is 0 Å². The van der Waals surface area contributed by atoms with Crippen LogP contribution in [0.5, 0.6) is 5.88 Å². The molecule has 1 spiro atoms. The van der Waals surface area contributed by atoms with Crippen LogP contribution < -0.4 is 20.7 Å². The number of nitrogens with two attached hydrogens (primary N) is 1. The molecule has 1 unspecified atom stereocenters. The molecule has 2 aliphatic rings. The molecular weight excluding hydrogens is 561 g/mol. The summed E-state index contributed by atoms with van der Waals surface area (Å²) in [7, 11) is 0. The van der Waals surface area contributed by atoms with Gasteiger partial charge in [-0.05, 0) is 55.4 Å². The van der Waals surface area contributed by atoms with E-state index < -0.39 is 12.3 Å². The first kappa shape index (κ1) is 28.9. The largest absolute Gasteiger partial charge is 0.465 e. The molecule has 3 aromatic rings. The lowest BCUT2D eigenvalue weighted by Crippen LogP contribution is -2.41. The number of alkyl halides is 3. The maximum atomic E-state index is 14.5. The first-order valence-electron chi connectivity index (χ1n) is 13.3. The van der Waals surface area contributed by atoms with Crippen LogP contribution in [-0.4, -0.2) is 59.4 Å². The maximum Gasteiger partial charge on any atom is 0.429 e. The van der Waals surface area contributed by atoms with Gasteiger partial charge >= 0.3 is 12.1 Å². The predicted molar refractivity (Wildman–Crippen MR) is 147 cm³/mol. The van der Waals surface area contributed by atoms with Crippen molar-refractivity contribution < 1.29 is 27.4 Å². The average molecular weight is 591 g/mol. The third-order valence-corrected chi connectivity index (χ3v) is 7.83. The van der Waals surface area contributed by atoms with Crippen molar-refractivity contribution in [3.8, 4) is 17.0 Å². The normalized spacial score (nSPS) is 19.2. The van der Waals surface area contributed by atoms with E-state index in [0.717, 1.165) is 12.8 Å². The zero-order valence-electron chi connectivity index (χ0n) is 22.3. The molecule has 2 aliphatic heterocycles. The van der Waals surface area contributed by atoms with Crippen LogP contribution in [0.15, 0.2) is 48.8 Å². The fourth-order valence-corrected chi connectivity index (χ4v) is 5.70. The minimum Gasteiger partial charge on any atom is -0.465 e. The van der Waals surface area contributed by atoms with E-state index >= 15 is 0 Å². The van der Waals surface area contributed by atoms with Crippen LogP contribution in [0, 0.1) is 5.41 Å². The number of carbonyl (C=O) groups excluding carboxylic acids is 1. The summed E-state index contributed by atoms with van der Waals surface area (Å²) in [6, 6.07) is 8.44. The van der Waals surface area contributed by atoms with Crippen molar-refractivity contribution >= 4 is 29.3 Å². The number of carbonyl (C=O) groups is 1. The molecule has 0 amide bonds. The summed E-state index contributed by atoms with van der Waals surface area (Å²) in [5.74, 6) is -0.372. The Morgan fingerprint density at radius 3 is 2.71 bits per heavy atom.